The molecule has 1 saturated carbocycles. The molecule has 1 rings (SSSR count). The highest BCUT2D eigenvalue weighted by Gasteiger charge is 2.40. The van der Waals surface area contributed by atoms with Crippen molar-refractivity contribution in [1.29, 1.82) is 0 Å². The van der Waals surface area contributed by atoms with E-state index >= 15 is 0 Å². The fourth-order valence-corrected chi connectivity index (χ4v) is 3.03. The molecule has 12 heavy (non-hydrogen) atoms. The van der Waals surface area contributed by atoms with E-state index in [4.69, 9.17) is 0 Å². The van der Waals surface area contributed by atoms with E-state index in [0.717, 1.165) is 23.4 Å². The van der Waals surface area contributed by atoms with Crippen LogP contribution in [0.4, 0.5) is 0 Å². The van der Waals surface area contributed by atoms with Gasteiger partial charge in [0.15, 0.2) is 0 Å². The third-order valence-corrected chi connectivity index (χ3v) is 4.89. The minimum Gasteiger partial charge on any atom is -0.260 e. The first-order valence-corrected chi connectivity index (χ1v) is 7.29. The molecular formula is C9H17BrOS. The zero-order chi connectivity index (χ0) is 9.19. The Kier molecular flexibility index (Phi) is 3.77. The molecule has 3 heteroatoms. The summed E-state index contributed by atoms with van der Waals surface area (Å²) in [5, 5.41) is 1.06. The number of halogens is 1. The zero-order valence-corrected chi connectivity index (χ0v) is 10.2. The maximum atomic E-state index is 10.9. The zero-order valence-electron chi connectivity index (χ0n) is 7.81. The van der Waals surface area contributed by atoms with Gasteiger partial charge in [-0.05, 0) is 30.6 Å². The van der Waals surface area contributed by atoms with Gasteiger partial charge in [0.2, 0.25) is 0 Å². The summed E-state index contributed by atoms with van der Waals surface area (Å²) in [4.78, 5) is 0. The standard InChI is InChI=1S/C9H17BrOS/c1-9(7-10,8-3-4-8)5-6-12(2)11/h8H,3-7H2,1-2H3. The Balaban J connectivity index is 2.38. The van der Waals surface area contributed by atoms with Gasteiger partial charge < -0.3 is 0 Å². The second kappa shape index (κ2) is 4.23. The van der Waals surface area contributed by atoms with E-state index in [1.165, 1.54) is 12.8 Å². The molecule has 0 radical (unpaired) electrons. The van der Waals surface area contributed by atoms with Crippen LogP contribution in [0.15, 0.2) is 0 Å². The highest BCUT2D eigenvalue weighted by molar-refractivity contribution is 9.09. The normalized spacial score (nSPS) is 24.9. The summed E-state index contributed by atoms with van der Waals surface area (Å²) in [5.74, 6) is 1.75. The van der Waals surface area contributed by atoms with Crippen LogP contribution in [0.5, 0.6) is 0 Å². The first-order valence-electron chi connectivity index (χ1n) is 4.44. The second-order valence-electron chi connectivity index (χ2n) is 4.09. The van der Waals surface area contributed by atoms with Crippen molar-refractivity contribution in [3.63, 3.8) is 0 Å². The van der Waals surface area contributed by atoms with Gasteiger partial charge in [-0.2, -0.15) is 0 Å². The van der Waals surface area contributed by atoms with E-state index in [1.807, 2.05) is 0 Å². The van der Waals surface area contributed by atoms with Gasteiger partial charge in [0.1, 0.15) is 0 Å². The molecule has 0 bridgehead atoms. The molecular weight excluding hydrogens is 236 g/mol. The number of rotatable bonds is 5. The van der Waals surface area contributed by atoms with Crippen LogP contribution < -0.4 is 0 Å². The Morgan fingerprint density at radius 3 is 2.50 bits per heavy atom. The second-order valence-corrected chi connectivity index (χ2v) is 6.20. The van der Waals surface area contributed by atoms with Crippen molar-refractivity contribution in [2.24, 2.45) is 11.3 Å². The molecule has 72 valence electrons. The minimum atomic E-state index is -0.623. The Bertz CT molecular complexity index is 179. The van der Waals surface area contributed by atoms with E-state index in [0.29, 0.717) is 5.41 Å². The predicted molar refractivity (Wildman–Crippen MR) is 58.2 cm³/mol. The topological polar surface area (TPSA) is 17.1 Å². The molecule has 0 N–H and O–H groups in total. The van der Waals surface area contributed by atoms with Gasteiger partial charge in [-0.3, -0.25) is 4.21 Å². The van der Waals surface area contributed by atoms with Gasteiger partial charge in [-0.25, -0.2) is 0 Å². The Morgan fingerprint density at radius 2 is 2.17 bits per heavy atom. The fourth-order valence-electron chi connectivity index (χ4n) is 1.54. The molecule has 0 heterocycles. The molecule has 0 aromatic rings. The summed E-state index contributed by atoms with van der Waals surface area (Å²) in [7, 11) is -0.623. The number of alkyl halides is 1. The van der Waals surface area contributed by atoms with Gasteiger partial charge in [0.25, 0.3) is 0 Å². The van der Waals surface area contributed by atoms with Crippen LogP contribution in [0.2, 0.25) is 0 Å². The summed E-state index contributed by atoms with van der Waals surface area (Å²) in [6.45, 7) is 2.31. The van der Waals surface area contributed by atoms with Gasteiger partial charge in [-0.1, -0.05) is 22.9 Å². The van der Waals surface area contributed by atoms with Crippen LogP contribution in [-0.2, 0) is 10.8 Å². The van der Waals surface area contributed by atoms with Gasteiger partial charge in [0, 0.05) is 28.1 Å². The molecule has 1 fully saturated rings. The fraction of sp³-hybridized carbons (Fsp3) is 1.00. The van der Waals surface area contributed by atoms with Crippen molar-refractivity contribution in [2.45, 2.75) is 26.2 Å². The van der Waals surface area contributed by atoms with Crippen molar-refractivity contribution in [3.8, 4) is 0 Å². The van der Waals surface area contributed by atoms with E-state index in [1.54, 1.807) is 6.26 Å². The van der Waals surface area contributed by atoms with Crippen molar-refractivity contribution in [3.05, 3.63) is 0 Å². The lowest BCUT2D eigenvalue weighted by Crippen LogP contribution is -2.23. The Morgan fingerprint density at radius 1 is 1.58 bits per heavy atom. The van der Waals surface area contributed by atoms with Crippen LogP contribution in [-0.4, -0.2) is 21.5 Å². The monoisotopic (exact) mass is 252 g/mol. The average molecular weight is 253 g/mol. The third kappa shape index (κ3) is 2.84. The highest BCUT2D eigenvalue weighted by Crippen LogP contribution is 2.48. The molecule has 1 aliphatic rings. The minimum absolute atomic E-state index is 0.408. The molecule has 0 aromatic heterocycles. The molecule has 2 unspecified atom stereocenters. The average Bonchev–Trinajstić information content (AvgIpc) is 2.82. The predicted octanol–water partition coefficient (Wildman–Crippen LogP) is 2.57. The number of hydrogen-bond donors (Lipinski definition) is 0. The quantitative estimate of drug-likeness (QED) is 0.688. The SMILES string of the molecule is CS(=O)CCC(C)(CBr)C1CC1. The Labute approximate surface area is 85.9 Å². The molecule has 0 spiro atoms. The smallest absolute Gasteiger partial charge is 0.0237 e. The molecule has 2 atom stereocenters. The molecule has 0 saturated heterocycles. The highest BCUT2D eigenvalue weighted by atomic mass is 79.9. The summed E-state index contributed by atoms with van der Waals surface area (Å²) < 4.78 is 10.9. The van der Waals surface area contributed by atoms with Crippen LogP contribution >= 0.6 is 15.9 Å². The molecule has 0 amide bonds. The largest absolute Gasteiger partial charge is 0.260 e. The van der Waals surface area contributed by atoms with Crippen LogP contribution in [0.1, 0.15) is 26.2 Å². The maximum Gasteiger partial charge on any atom is 0.0237 e. The lowest BCUT2D eigenvalue weighted by molar-refractivity contribution is 0.310. The van der Waals surface area contributed by atoms with Gasteiger partial charge >= 0.3 is 0 Å². The van der Waals surface area contributed by atoms with Gasteiger partial charge in [0.05, 0.1) is 0 Å². The number of hydrogen-bond acceptors (Lipinski definition) is 1. The van der Waals surface area contributed by atoms with Crippen molar-refractivity contribution in [1.82, 2.24) is 0 Å². The molecule has 0 aromatic carbocycles. The molecule has 0 aliphatic heterocycles. The Hall–Kier alpha value is 0.630. The first-order chi connectivity index (χ1) is 5.58. The summed E-state index contributed by atoms with van der Waals surface area (Å²) in [6.07, 6.45) is 5.64. The van der Waals surface area contributed by atoms with Gasteiger partial charge in [-0.15, -0.1) is 0 Å². The first kappa shape index (κ1) is 10.7. The van der Waals surface area contributed by atoms with Crippen molar-refractivity contribution in [2.75, 3.05) is 17.3 Å². The molecule has 1 nitrogen and oxygen atoms in total. The van der Waals surface area contributed by atoms with Crippen molar-refractivity contribution >= 4 is 26.7 Å². The van der Waals surface area contributed by atoms with E-state index in [9.17, 15) is 4.21 Å². The summed E-state index contributed by atoms with van der Waals surface area (Å²) in [6, 6.07) is 0. The van der Waals surface area contributed by atoms with Crippen molar-refractivity contribution < 1.29 is 4.21 Å². The van der Waals surface area contributed by atoms with E-state index < -0.39 is 10.8 Å². The maximum absolute atomic E-state index is 10.9. The van der Waals surface area contributed by atoms with Crippen LogP contribution in [0, 0.1) is 11.3 Å². The van der Waals surface area contributed by atoms with Crippen LogP contribution in [0.25, 0.3) is 0 Å². The lowest BCUT2D eigenvalue weighted by Gasteiger charge is -2.26. The van der Waals surface area contributed by atoms with E-state index in [-0.39, 0.29) is 0 Å². The van der Waals surface area contributed by atoms with Crippen LogP contribution in [0.3, 0.4) is 0 Å². The van der Waals surface area contributed by atoms with E-state index in [2.05, 4.69) is 22.9 Å². The molecule has 1 aliphatic carbocycles. The summed E-state index contributed by atoms with van der Waals surface area (Å²) >= 11 is 3.56. The lowest BCUT2D eigenvalue weighted by atomic mass is 9.85. The third-order valence-electron chi connectivity index (χ3n) is 2.83. The summed E-state index contributed by atoms with van der Waals surface area (Å²) in [5.41, 5.74) is 0.408.